The molecule has 1 aliphatic heterocycles. The lowest BCUT2D eigenvalue weighted by Gasteiger charge is -2.34. The number of carbonyl (C=O) groups excluding carboxylic acids is 2. The Labute approximate surface area is 222 Å². The Hall–Kier alpha value is -4.23. The van der Waals surface area contributed by atoms with Gasteiger partial charge in [-0.25, -0.2) is 4.79 Å². The van der Waals surface area contributed by atoms with Gasteiger partial charge in [0.05, 0.1) is 22.3 Å². The summed E-state index contributed by atoms with van der Waals surface area (Å²) in [5.41, 5.74) is 2.63. The summed E-state index contributed by atoms with van der Waals surface area (Å²) in [7, 11) is 2.08. The first kappa shape index (κ1) is 25.4. The number of aromatic carboxylic acids is 1. The lowest BCUT2D eigenvalue weighted by molar-refractivity contribution is 0.0701. The van der Waals surface area contributed by atoms with Gasteiger partial charge >= 0.3 is 5.97 Å². The Morgan fingerprint density at radius 1 is 1.08 bits per heavy atom. The Morgan fingerprint density at radius 2 is 1.84 bits per heavy atom. The van der Waals surface area contributed by atoms with Gasteiger partial charge in [0.2, 0.25) is 0 Å². The number of hydrogen-bond donors (Lipinski definition) is 4. The van der Waals surface area contributed by atoms with Crippen LogP contribution >= 0.6 is 11.3 Å². The van der Waals surface area contributed by atoms with E-state index in [0.717, 1.165) is 48.9 Å². The third-order valence-corrected chi connectivity index (χ3v) is 7.53. The minimum Gasteiger partial charge on any atom is -0.477 e. The average molecular weight is 537 g/mol. The number of piperazine rings is 1. The van der Waals surface area contributed by atoms with Gasteiger partial charge in [-0.2, -0.15) is 10.2 Å². The number of nitrogens with one attached hydrogen (secondary N) is 3. The number of carboxylic acids is 1. The van der Waals surface area contributed by atoms with Crippen LogP contribution in [0.4, 0.5) is 17.2 Å². The Kier molecular flexibility index (Phi) is 6.87. The second-order valence-electron chi connectivity index (χ2n) is 9.15. The molecule has 4 aromatic rings. The number of fused-ring (bicyclic) bond motifs is 1. The van der Waals surface area contributed by atoms with E-state index in [9.17, 15) is 19.5 Å². The van der Waals surface area contributed by atoms with E-state index in [1.54, 1.807) is 16.8 Å². The topological polar surface area (TPSA) is 148 Å². The first-order valence-corrected chi connectivity index (χ1v) is 13.0. The monoisotopic (exact) mass is 536 g/mol. The van der Waals surface area contributed by atoms with Gasteiger partial charge in [-0.1, -0.05) is 0 Å². The SMILES string of the molecule is CCn1nc(C)cc1C(=O)Nc1cc(N2CCN(C)CC2)ccc1C(=O)Nc1n[nH]c2sc(C(=O)O)cc12. The van der Waals surface area contributed by atoms with Crippen LogP contribution in [0, 0.1) is 6.92 Å². The number of rotatable bonds is 7. The maximum absolute atomic E-state index is 13.4. The largest absolute Gasteiger partial charge is 0.477 e. The third-order valence-electron chi connectivity index (χ3n) is 6.50. The fourth-order valence-corrected chi connectivity index (χ4v) is 5.28. The van der Waals surface area contributed by atoms with Gasteiger partial charge in [-0.15, -0.1) is 11.3 Å². The zero-order valence-corrected chi connectivity index (χ0v) is 22.1. The summed E-state index contributed by atoms with van der Waals surface area (Å²) in [6.07, 6.45) is 0. The number of carboxylic acid groups (broad SMARTS) is 1. The van der Waals surface area contributed by atoms with Gasteiger partial charge in [0.15, 0.2) is 5.82 Å². The number of benzene rings is 1. The predicted molar refractivity (Wildman–Crippen MR) is 146 cm³/mol. The van der Waals surface area contributed by atoms with Crippen LogP contribution in [0.2, 0.25) is 0 Å². The fraction of sp³-hybridized carbons (Fsp3) is 0.320. The molecular weight excluding hydrogens is 508 g/mol. The average Bonchev–Trinajstić information content (AvgIpc) is 3.59. The van der Waals surface area contributed by atoms with Crippen LogP contribution in [0.5, 0.6) is 0 Å². The van der Waals surface area contributed by atoms with Crippen molar-refractivity contribution in [2.45, 2.75) is 20.4 Å². The second-order valence-corrected chi connectivity index (χ2v) is 10.2. The molecule has 12 nitrogen and oxygen atoms in total. The van der Waals surface area contributed by atoms with Crippen molar-refractivity contribution in [3.05, 3.63) is 52.2 Å². The van der Waals surface area contributed by atoms with Gasteiger partial charge in [-0.05, 0) is 51.2 Å². The van der Waals surface area contributed by atoms with Crippen molar-refractivity contribution in [2.75, 3.05) is 48.8 Å². The summed E-state index contributed by atoms with van der Waals surface area (Å²) in [6.45, 7) is 7.72. The van der Waals surface area contributed by atoms with E-state index < -0.39 is 11.9 Å². The summed E-state index contributed by atoms with van der Waals surface area (Å²) in [5.74, 6) is -1.69. The van der Waals surface area contributed by atoms with Crippen LogP contribution in [-0.2, 0) is 6.54 Å². The summed E-state index contributed by atoms with van der Waals surface area (Å²) < 4.78 is 1.62. The number of aromatic nitrogens is 4. The van der Waals surface area contributed by atoms with Crippen LogP contribution in [0.3, 0.4) is 0 Å². The molecule has 1 aromatic carbocycles. The summed E-state index contributed by atoms with van der Waals surface area (Å²) in [4.78, 5) is 43.2. The molecule has 0 bridgehead atoms. The molecule has 13 heteroatoms. The van der Waals surface area contributed by atoms with Crippen molar-refractivity contribution in [1.29, 1.82) is 0 Å². The number of thiophene rings is 1. The van der Waals surface area contributed by atoms with Gasteiger partial charge in [0.25, 0.3) is 11.8 Å². The highest BCUT2D eigenvalue weighted by molar-refractivity contribution is 7.20. The minimum absolute atomic E-state index is 0.136. The molecule has 1 saturated heterocycles. The predicted octanol–water partition coefficient (Wildman–Crippen LogP) is 3.10. The molecular formula is C25H28N8O4S. The van der Waals surface area contributed by atoms with E-state index in [-0.39, 0.29) is 22.2 Å². The number of anilines is 3. The quantitative estimate of drug-likeness (QED) is 0.282. The number of amides is 2. The van der Waals surface area contributed by atoms with Crippen molar-refractivity contribution in [3.8, 4) is 0 Å². The highest BCUT2D eigenvalue weighted by Gasteiger charge is 2.23. The molecule has 3 aromatic heterocycles. The molecule has 0 atom stereocenters. The van der Waals surface area contributed by atoms with Crippen LogP contribution in [0.15, 0.2) is 30.3 Å². The lowest BCUT2D eigenvalue weighted by Crippen LogP contribution is -2.44. The first-order chi connectivity index (χ1) is 18.2. The van der Waals surface area contributed by atoms with Gasteiger partial charge in [0.1, 0.15) is 15.4 Å². The maximum atomic E-state index is 13.4. The molecule has 1 aliphatic rings. The van der Waals surface area contributed by atoms with E-state index in [1.165, 1.54) is 6.07 Å². The van der Waals surface area contributed by atoms with E-state index >= 15 is 0 Å². The van der Waals surface area contributed by atoms with Gasteiger partial charge in [0, 0.05) is 38.4 Å². The summed E-state index contributed by atoms with van der Waals surface area (Å²) >= 11 is 1.04. The number of H-pyrrole nitrogens is 1. The zero-order valence-electron chi connectivity index (χ0n) is 21.2. The van der Waals surface area contributed by atoms with Crippen LogP contribution in [-0.4, -0.2) is 81.0 Å². The van der Waals surface area contributed by atoms with Crippen molar-refractivity contribution in [1.82, 2.24) is 24.9 Å². The van der Waals surface area contributed by atoms with Crippen LogP contribution in [0.25, 0.3) is 10.2 Å². The van der Waals surface area contributed by atoms with Crippen LogP contribution < -0.4 is 15.5 Å². The standard InChI is InChI=1S/C25H28N8O4S/c1-4-33-19(11-14(2)30-33)23(35)26-18-12-15(32-9-7-31(3)8-10-32)5-6-16(18)22(34)27-21-17-13-20(25(36)37)38-24(17)29-28-21/h5-6,11-13H,4,7-10H2,1-3H3,(H,26,35)(H,36,37)(H2,27,28,29,34). The smallest absolute Gasteiger partial charge is 0.345 e. The van der Waals surface area contributed by atoms with Crippen LogP contribution in [0.1, 0.15) is 43.1 Å². The second kappa shape index (κ2) is 10.3. The Balaban J connectivity index is 1.47. The molecule has 1 fully saturated rings. The highest BCUT2D eigenvalue weighted by atomic mass is 32.1. The van der Waals surface area contributed by atoms with Gasteiger partial charge < -0.3 is 25.5 Å². The minimum atomic E-state index is -1.05. The van der Waals surface area contributed by atoms with Crippen molar-refractivity contribution in [3.63, 3.8) is 0 Å². The molecule has 5 rings (SSSR count). The summed E-state index contributed by atoms with van der Waals surface area (Å²) in [5, 5.41) is 26.7. The molecule has 38 heavy (non-hydrogen) atoms. The number of likely N-dealkylation sites (N-methyl/N-ethyl adjacent to an activating group) is 1. The number of hydrogen-bond acceptors (Lipinski definition) is 8. The van der Waals surface area contributed by atoms with Crippen molar-refractivity contribution < 1.29 is 19.5 Å². The molecule has 4 heterocycles. The molecule has 0 spiro atoms. The molecule has 4 N–H and O–H groups in total. The van der Waals surface area contributed by atoms with E-state index in [4.69, 9.17) is 0 Å². The van der Waals surface area contributed by atoms with Crippen molar-refractivity contribution in [2.24, 2.45) is 0 Å². The molecule has 198 valence electrons. The van der Waals surface area contributed by atoms with E-state index in [0.29, 0.717) is 28.1 Å². The molecule has 0 saturated carbocycles. The molecule has 0 radical (unpaired) electrons. The van der Waals surface area contributed by atoms with E-state index in [2.05, 4.69) is 42.8 Å². The normalized spacial score (nSPS) is 14.1. The zero-order chi connectivity index (χ0) is 27.0. The highest BCUT2D eigenvalue weighted by Crippen LogP contribution is 2.31. The lowest BCUT2D eigenvalue weighted by atomic mass is 10.1. The summed E-state index contributed by atoms with van der Waals surface area (Å²) in [6, 6.07) is 8.53. The maximum Gasteiger partial charge on any atom is 0.345 e. The fourth-order valence-electron chi connectivity index (χ4n) is 4.44. The Morgan fingerprint density at radius 3 is 2.55 bits per heavy atom. The number of aryl methyl sites for hydroxylation is 2. The molecule has 0 unspecified atom stereocenters. The Bertz CT molecular complexity index is 1530. The number of aromatic amines is 1. The molecule has 2 amide bonds. The van der Waals surface area contributed by atoms with E-state index in [1.807, 2.05) is 26.0 Å². The number of carbonyl (C=O) groups is 3. The van der Waals surface area contributed by atoms with Gasteiger partial charge in [-0.3, -0.25) is 19.4 Å². The number of nitrogens with zero attached hydrogens (tertiary/aromatic N) is 5. The third kappa shape index (κ3) is 4.97. The molecule has 0 aliphatic carbocycles. The van der Waals surface area contributed by atoms with Crippen molar-refractivity contribution >= 4 is 56.5 Å². The first-order valence-electron chi connectivity index (χ1n) is 12.2.